The molecule has 1 N–H and O–H groups in total. The van der Waals surface area contributed by atoms with Gasteiger partial charge in [-0.2, -0.15) is 0 Å². The third-order valence-corrected chi connectivity index (χ3v) is 5.93. The van der Waals surface area contributed by atoms with E-state index in [0.717, 1.165) is 32.5 Å². The summed E-state index contributed by atoms with van der Waals surface area (Å²) in [6.07, 6.45) is 2.00. The molecule has 2 aliphatic heterocycles. The Morgan fingerprint density at radius 2 is 2.18 bits per heavy atom. The van der Waals surface area contributed by atoms with E-state index in [-0.39, 0.29) is 0 Å². The van der Waals surface area contributed by atoms with Crippen LogP contribution in [0.15, 0.2) is 0 Å². The van der Waals surface area contributed by atoms with E-state index in [2.05, 4.69) is 24.1 Å². The minimum absolute atomic E-state index is 0.359. The van der Waals surface area contributed by atoms with Crippen LogP contribution in [-0.4, -0.2) is 56.5 Å². The van der Waals surface area contributed by atoms with Gasteiger partial charge in [0, 0.05) is 31.7 Å². The quantitative estimate of drug-likeness (QED) is 0.802. The van der Waals surface area contributed by atoms with E-state index in [9.17, 15) is 8.42 Å². The van der Waals surface area contributed by atoms with Crippen molar-refractivity contribution in [3.63, 3.8) is 0 Å². The van der Waals surface area contributed by atoms with Gasteiger partial charge in [0.1, 0.15) is 0 Å². The summed E-state index contributed by atoms with van der Waals surface area (Å²) < 4.78 is 22.9. The molecule has 2 saturated heterocycles. The summed E-state index contributed by atoms with van der Waals surface area (Å²) in [6, 6.07) is 1.10. The summed E-state index contributed by atoms with van der Waals surface area (Å²) in [6.45, 7) is 7.47. The number of nitrogens with zero attached hydrogens (tertiary/aromatic N) is 1. The van der Waals surface area contributed by atoms with Crippen LogP contribution in [0.2, 0.25) is 0 Å². The van der Waals surface area contributed by atoms with Gasteiger partial charge < -0.3 is 5.32 Å². The maximum absolute atomic E-state index is 11.5. The number of sulfone groups is 1. The monoisotopic (exact) mass is 260 g/mol. The molecule has 0 saturated carbocycles. The fourth-order valence-corrected chi connectivity index (χ4v) is 4.72. The molecular formula is C12H24N2O2S. The molecule has 3 unspecified atom stereocenters. The van der Waals surface area contributed by atoms with Gasteiger partial charge in [-0.25, -0.2) is 8.42 Å². The van der Waals surface area contributed by atoms with Crippen LogP contribution in [0.5, 0.6) is 0 Å². The van der Waals surface area contributed by atoms with Crippen LogP contribution in [0.25, 0.3) is 0 Å². The van der Waals surface area contributed by atoms with E-state index in [1.165, 1.54) is 0 Å². The largest absolute Gasteiger partial charge is 0.311 e. The molecule has 0 aliphatic carbocycles. The molecule has 2 rings (SSSR count). The van der Waals surface area contributed by atoms with Gasteiger partial charge in [-0.3, -0.25) is 4.90 Å². The molecule has 0 spiro atoms. The second-order valence-electron chi connectivity index (χ2n) is 5.59. The normalized spacial score (nSPS) is 38.4. The third kappa shape index (κ3) is 3.42. The Balaban J connectivity index is 1.89. The van der Waals surface area contributed by atoms with Crippen LogP contribution in [0.3, 0.4) is 0 Å². The van der Waals surface area contributed by atoms with Crippen LogP contribution < -0.4 is 5.32 Å². The molecule has 4 nitrogen and oxygen atoms in total. The zero-order chi connectivity index (χ0) is 12.5. The SMILES string of the molecule is CCC1CN(CC2CCS(=O)(=O)C2)C(C)CN1. The fourth-order valence-electron chi connectivity index (χ4n) is 2.87. The minimum atomic E-state index is -2.73. The van der Waals surface area contributed by atoms with Crippen LogP contribution in [-0.2, 0) is 9.84 Å². The van der Waals surface area contributed by atoms with Crippen LogP contribution >= 0.6 is 0 Å². The van der Waals surface area contributed by atoms with Crippen molar-refractivity contribution in [1.82, 2.24) is 10.2 Å². The average Bonchev–Trinajstić information content (AvgIpc) is 2.61. The summed E-state index contributed by atoms with van der Waals surface area (Å²) >= 11 is 0. The molecule has 3 atom stereocenters. The molecule has 0 aromatic carbocycles. The predicted octanol–water partition coefficient (Wildman–Crippen LogP) is 0.493. The number of rotatable bonds is 3. The zero-order valence-corrected chi connectivity index (χ0v) is 11.7. The van der Waals surface area contributed by atoms with E-state index in [0.29, 0.717) is 29.5 Å². The van der Waals surface area contributed by atoms with E-state index in [1.54, 1.807) is 0 Å². The van der Waals surface area contributed by atoms with Gasteiger partial charge in [-0.15, -0.1) is 0 Å². The summed E-state index contributed by atoms with van der Waals surface area (Å²) in [5.74, 6) is 1.16. The van der Waals surface area contributed by atoms with Gasteiger partial charge in [-0.1, -0.05) is 6.92 Å². The highest BCUT2D eigenvalue weighted by Crippen LogP contribution is 2.21. The van der Waals surface area contributed by atoms with Crippen molar-refractivity contribution in [3.8, 4) is 0 Å². The minimum Gasteiger partial charge on any atom is -0.311 e. The maximum atomic E-state index is 11.5. The van der Waals surface area contributed by atoms with Gasteiger partial charge in [0.05, 0.1) is 11.5 Å². The highest BCUT2D eigenvalue weighted by Gasteiger charge is 2.32. The summed E-state index contributed by atoms with van der Waals surface area (Å²) in [5, 5.41) is 3.53. The molecule has 2 heterocycles. The summed E-state index contributed by atoms with van der Waals surface area (Å²) in [7, 11) is -2.73. The highest BCUT2D eigenvalue weighted by molar-refractivity contribution is 7.91. The van der Waals surface area contributed by atoms with Gasteiger partial charge >= 0.3 is 0 Å². The molecule has 0 aromatic rings. The standard InChI is InChI=1S/C12H24N2O2S/c1-3-12-8-14(10(2)6-13-12)7-11-4-5-17(15,16)9-11/h10-13H,3-9H2,1-2H3. The van der Waals surface area contributed by atoms with Crippen LogP contribution in [0.1, 0.15) is 26.7 Å². The van der Waals surface area contributed by atoms with Crippen molar-refractivity contribution in [2.75, 3.05) is 31.1 Å². The van der Waals surface area contributed by atoms with Crippen molar-refractivity contribution in [1.29, 1.82) is 0 Å². The maximum Gasteiger partial charge on any atom is 0.150 e. The number of hydrogen-bond donors (Lipinski definition) is 1. The first-order valence-corrected chi connectivity index (χ1v) is 8.50. The summed E-state index contributed by atoms with van der Waals surface area (Å²) in [5.41, 5.74) is 0. The number of piperazine rings is 1. The van der Waals surface area contributed by atoms with Crippen LogP contribution in [0, 0.1) is 5.92 Å². The smallest absolute Gasteiger partial charge is 0.150 e. The molecular weight excluding hydrogens is 236 g/mol. The second kappa shape index (κ2) is 5.24. The summed E-state index contributed by atoms with van der Waals surface area (Å²) in [4.78, 5) is 2.47. The molecule has 17 heavy (non-hydrogen) atoms. The van der Waals surface area contributed by atoms with E-state index in [1.807, 2.05) is 0 Å². The lowest BCUT2D eigenvalue weighted by atomic mass is 10.0. The lowest BCUT2D eigenvalue weighted by Gasteiger charge is -2.39. The van der Waals surface area contributed by atoms with Crippen molar-refractivity contribution in [3.05, 3.63) is 0 Å². The lowest BCUT2D eigenvalue weighted by Crippen LogP contribution is -2.56. The number of hydrogen-bond acceptors (Lipinski definition) is 4. The first kappa shape index (κ1) is 13.3. The topological polar surface area (TPSA) is 49.4 Å². The molecule has 100 valence electrons. The Morgan fingerprint density at radius 3 is 2.76 bits per heavy atom. The van der Waals surface area contributed by atoms with E-state index >= 15 is 0 Å². The van der Waals surface area contributed by atoms with Gasteiger partial charge in [0.15, 0.2) is 9.84 Å². The Morgan fingerprint density at radius 1 is 1.41 bits per heavy atom. The van der Waals surface area contributed by atoms with E-state index in [4.69, 9.17) is 0 Å². The molecule has 0 amide bonds. The Bertz CT molecular complexity index is 356. The first-order valence-electron chi connectivity index (χ1n) is 6.68. The van der Waals surface area contributed by atoms with Crippen molar-refractivity contribution >= 4 is 9.84 Å². The molecule has 2 aliphatic rings. The lowest BCUT2D eigenvalue weighted by molar-refractivity contribution is 0.122. The fraction of sp³-hybridized carbons (Fsp3) is 1.00. The third-order valence-electron chi connectivity index (χ3n) is 4.09. The van der Waals surface area contributed by atoms with Gasteiger partial charge in [0.2, 0.25) is 0 Å². The number of nitrogens with one attached hydrogen (secondary N) is 1. The van der Waals surface area contributed by atoms with E-state index < -0.39 is 9.84 Å². The Labute approximate surface area is 105 Å². The first-order chi connectivity index (χ1) is 8.00. The van der Waals surface area contributed by atoms with Crippen molar-refractivity contribution in [2.45, 2.75) is 38.8 Å². The Hall–Kier alpha value is -0.130. The van der Waals surface area contributed by atoms with Gasteiger partial charge in [0.25, 0.3) is 0 Å². The average molecular weight is 260 g/mol. The molecule has 0 bridgehead atoms. The Kier molecular flexibility index (Phi) is 4.10. The van der Waals surface area contributed by atoms with Crippen molar-refractivity contribution in [2.24, 2.45) is 5.92 Å². The molecule has 0 radical (unpaired) electrons. The molecule has 0 aromatic heterocycles. The van der Waals surface area contributed by atoms with Crippen molar-refractivity contribution < 1.29 is 8.42 Å². The van der Waals surface area contributed by atoms with Crippen LogP contribution in [0.4, 0.5) is 0 Å². The zero-order valence-electron chi connectivity index (χ0n) is 10.9. The molecule has 2 fully saturated rings. The van der Waals surface area contributed by atoms with Gasteiger partial charge in [-0.05, 0) is 25.7 Å². The molecule has 5 heteroatoms. The predicted molar refractivity (Wildman–Crippen MR) is 69.9 cm³/mol. The highest BCUT2D eigenvalue weighted by atomic mass is 32.2. The second-order valence-corrected chi connectivity index (χ2v) is 7.81.